The van der Waals surface area contributed by atoms with Crippen molar-refractivity contribution in [1.29, 1.82) is 0 Å². The third-order valence-electron chi connectivity index (χ3n) is 5.61. The van der Waals surface area contributed by atoms with Crippen LogP contribution < -0.4 is 5.32 Å². The van der Waals surface area contributed by atoms with Crippen molar-refractivity contribution in [1.82, 2.24) is 14.5 Å². The molecule has 2 heterocycles. The second-order valence-electron chi connectivity index (χ2n) is 7.69. The molecule has 146 valence electrons. The Kier molecular flexibility index (Phi) is 5.44. The number of imidazole rings is 1. The molecule has 1 saturated heterocycles. The van der Waals surface area contributed by atoms with E-state index in [1.54, 1.807) is 0 Å². The van der Waals surface area contributed by atoms with Crippen molar-refractivity contribution >= 4 is 22.6 Å². The van der Waals surface area contributed by atoms with Crippen molar-refractivity contribution in [3.05, 3.63) is 59.9 Å². The summed E-state index contributed by atoms with van der Waals surface area (Å²) in [5, 5.41) is 3.08. The number of piperidine rings is 1. The second-order valence-corrected chi connectivity index (χ2v) is 7.69. The number of carbonyl (C=O) groups is 1. The Morgan fingerprint density at radius 2 is 1.96 bits per heavy atom. The number of amides is 1. The monoisotopic (exact) mass is 376 g/mol. The van der Waals surface area contributed by atoms with E-state index in [1.807, 2.05) is 37.3 Å². The van der Waals surface area contributed by atoms with Gasteiger partial charge in [-0.3, -0.25) is 9.69 Å². The fourth-order valence-corrected chi connectivity index (χ4v) is 4.09. The molecule has 0 unspecified atom stereocenters. The number of benzene rings is 2. The van der Waals surface area contributed by atoms with Gasteiger partial charge in [-0.2, -0.15) is 0 Å². The van der Waals surface area contributed by atoms with Gasteiger partial charge in [0, 0.05) is 18.8 Å². The summed E-state index contributed by atoms with van der Waals surface area (Å²) in [5.41, 5.74) is 4.30. The number of para-hydroxylation sites is 2. The number of anilines is 1. The van der Waals surface area contributed by atoms with Gasteiger partial charge < -0.3 is 9.88 Å². The van der Waals surface area contributed by atoms with Crippen LogP contribution in [0.15, 0.2) is 48.5 Å². The minimum absolute atomic E-state index is 0.0227. The van der Waals surface area contributed by atoms with E-state index in [9.17, 15) is 4.79 Å². The predicted molar refractivity (Wildman–Crippen MR) is 113 cm³/mol. The van der Waals surface area contributed by atoms with Crippen molar-refractivity contribution in [2.75, 3.05) is 18.4 Å². The van der Waals surface area contributed by atoms with Crippen LogP contribution in [0, 0.1) is 12.8 Å². The number of hydrogen-bond acceptors (Lipinski definition) is 3. The first-order valence-electron chi connectivity index (χ1n) is 10.2. The first kappa shape index (κ1) is 18.7. The molecule has 4 rings (SSSR count). The van der Waals surface area contributed by atoms with Crippen molar-refractivity contribution in [3.63, 3.8) is 0 Å². The molecular formula is C23H28N4O. The second kappa shape index (κ2) is 8.15. The van der Waals surface area contributed by atoms with Gasteiger partial charge in [-0.15, -0.1) is 0 Å². The van der Waals surface area contributed by atoms with Crippen LogP contribution in [0.2, 0.25) is 0 Å². The van der Waals surface area contributed by atoms with Crippen LogP contribution in [-0.4, -0.2) is 33.4 Å². The Balaban J connectivity index is 1.44. The Labute approximate surface area is 166 Å². The third kappa shape index (κ3) is 3.94. The molecule has 3 aromatic rings. The van der Waals surface area contributed by atoms with E-state index in [-0.39, 0.29) is 11.8 Å². The van der Waals surface area contributed by atoms with E-state index in [1.165, 1.54) is 11.1 Å². The highest BCUT2D eigenvalue weighted by atomic mass is 16.1. The number of nitrogens with one attached hydrogen (secondary N) is 1. The van der Waals surface area contributed by atoms with Gasteiger partial charge in [0.2, 0.25) is 5.91 Å². The zero-order valence-corrected chi connectivity index (χ0v) is 16.7. The van der Waals surface area contributed by atoms with E-state index in [0.29, 0.717) is 0 Å². The third-order valence-corrected chi connectivity index (χ3v) is 5.61. The number of hydrogen-bond donors (Lipinski definition) is 1. The molecular weight excluding hydrogens is 348 g/mol. The lowest BCUT2D eigenvalue weighted by molar-refractivity contribution is -0.121. The fourth-order valence-electron chi connectivity index (χ4n) is 4.09. The van der Waals surface area contributed by atoms with Crippen molar-refractivity contribution < 1.29 is 4.79 Å². The van der Waals surface area contributed by atoms with Gasteiger partial charge >= 0.3 is 0 Å². The molecule has 1 atom stereocenters. The van der Waals surface area contributed by atoms with E-state index in [2.05, 4.69) is 39.9 Å². The Hall–Kier alpha value is -2.66. The summed E-state index contributed by atoms with van der Waals surface area (Å²) in [6.07, 6.45) is 1.98. The highest BCUT2D eigenvalue weighted by Gasteiger charge is 2.27. The molecule has 0 spiro atoms. The van der Waals surface area contributed by atoms with Gasteiger partial charge in [0.1, 0.15) is 5.82 Å². The van der Waals surface area contributed by atoms with Crippen LogP contribution in [0.3, 0.4) is 0 Å². The smallest absolute Gasteiger partial charge is 0.228 e. The van der Waals surface area contributed by atoms with Crippen LogP contribution in [0.1, 0.15) is 31.2 Å². The van der Waals surface area contributed by atoms with Gasteiger partial charge in [0.15, 0.2) is 0 Å². The Morgan fingerprint density at radius 1 is 1.18 bits per heavy atom. The quantitative estimate of drug-likeness (QED) is 0.725. The van der Waals surface area contributed by atoms with Crippen LogP contribution in [-0.2, 0) is 17.9 Å². The van der Waals surface area contributed by atoms with Gasteiger partial charge in [0.25, 0.3) is 0 Å². The lowest BCUT2D eigenvalue weighted by Crippen LogP contribution is -2.40. The van der Waals surface area contributed by atoms with Crippen LogP contribution >= 0.6 is 0 Å². The maximum atomic E-state index is 12.8. The zero-order chi connectivity index (χ0) is 19.5. The first-order chi connectivity index (χ1) is 13.6. The minimum atomic E-state index is 0.0227. The molecule has 1 amide bonds. The normalized spacial score (nSPS) is 17.7. The first-order valence-corrected chi connectivity index (χ1v) is 10.2. The molecule has 0 radical (unpaired) electrons. The van der Waals surface area contributed by atoms with Gasteiger partial charge in [-0.05, 0) is 57.5 Å². The van der Waals surface area contributed by atoms with E-state index in [0.717, 1.165) is 56.0 Å². The summed E-state index contributed by atoms with van der Waals surface area (Å²) in [7, 11) is 0. The van der Waals surface area contributed by atoms with Crippen molar-refractivity contribution in [2.24, 2.45) is 5.92 Å². The SMILES string of the molecule is CCn1c(CN2CCC[C@@H](C(=O)Nc3ccc(C)cc3)C2)nc2ccccc21. The fraction of sp³-hybridized carbons (Fsp3) is 0.391. The van der Waals surface area contributed by atoms with Crippen LogP contribution in [0.4, 0.5) is 5.69 Å². The highest BCUT2D eigenvalue weighted by molar-refractivity contribution is 5.92. The number of aromatic nitrogens is 2. The summed E-state index contributed by atoms with van der Waals surface area (Å²) in [5.74, 6) is 1.23. The Morgan fingerprint density at radius 3 is 2.75 bits per heavy atom. The number of carbonyl (C=O) groups excluding carboxylic acids is 1. The average molecular weight is 377 g/mol. The molecule has 28 heavy (non-hydrogen) atoms. The van der Waals surface area contributed by atoms with Gasteiger partial charge in [-0.1, -0.05) is 29.8 Å². The maximum absolute atomic E-state index is 12.8. The number of aryl methyl sites for hydroxylation is 2. The number of likely N-dealkylation sites (tertiary alicyclic amines) is 1. The molecule has 1 aliphatic heterocycles. The predicted octanol–water partition coefficient (Wildman–Crippen LogP) is 4.22. The lowest BCUT2D eigenvalue weighted by Gasteiger charge is -2.31. The topological polar surface area (TPSA) is 50.2 Å². The number of nitrogens with zero attached hydrogens (tertiary/aromatic N) is 3. The standard InChI is InChI=1S/C23H28N4O/c1-3-27-21-9-5-4-8-20(21)25-22(27)16-26-14-6-7-18(15-26)23(28)24-19-12-10-17(2)11-13-19/h4-5,8-13,18H,3,6-7,14-16H2,1-2H3,(H,24,28)/t18-/m1/s1. The molecule has 0 aliphatic carbocycles. The van der Waals surface area contributed by atoms with Crippen molar-refractivity contribution in [2.45, 2.75) is 39.8 Å². The summed E-state index contributed by atoms with van der Waals surface area (Å²) < 4.78 is 2.28. The number of rotatable bonds is 5. The molecule has 1 aromatic heterocycles. The Bertz CT molecular complexity index is 960. The maximum Gasteiger partial charge on any atom is 0.228 e. The molecule has 5 heteroatoms. The van der Waals surface area contributed by atoms with Crippen LogP contribution in [0.25, 0.3) is 11.0 Å². The summed E-state index contributed by atoms with van der Waals surface area (Å²) in [4.78, 5) is 20.0. The van der Waals surface area contributed by atoms with E-state index < -0.39 is 0 Å². The molecule has 1 fully saturated rings. The van der Waals surface area contributed by atoms with Gasteiger partial charge in [0.05, 0.1) is 23.5 Å². The summed E-state index contributed by atoms with van der Waals surface area (Å²) >= 11 is 0. The molecule has 2 aromatic carbocycles. The highest BCUT2D eigenvalue weighted by Crippen LogP contribution is 2.22. The van der Waals surface area contributed by atoms with Crippen LogP contribution in [0.5, 0.6) is 0 Å². The summed E-state index contributed by atoms with van der Waals surface area (Å²) in [6.45, 7) is 7.70. The van der Waals surface area contributed by atoms with E-state index in [4.69, 9.17) is 4.98 Å². The average Bonchev–Trinajstić information content (AvgIpc) is 3.06. The molecule has 0 bridgehead atoms. The lowest BCUT2D eigenvalue weighted by atomic mass is 9.97. The molecule has 1 N–H and O–H groups in total. The van der Waals surface area contributed by atoms with Crippen molar-refractivity contribution in [3.8, 4) is 0 Å². The molecule has 1 aliphatic rings. The largest absolute Gasteiger partial charge is 0.327 e. The zero-order valence-electron chi connectivity index (χ0n) is 16.7. The number of fused-ring (bicyclic) bond motifs is 1. The van der Waals surface area contributed by atoms with Gasteiger partial charge in [-0.25, -0.2) is 4.98 Å². The minimum Gasteiger partial charge on any atom is -0.327 e. The summed E-state index contributed by atoms with van der Waals surface area (Å²) in [6, 6.07) is 16.3. The molecule has 0 saturated carbocycles. The van der Waals surface area contributed by atoms with E-state index >= 15 is 0 Å². The molecule has 5 nitrogen and oxygen atoms in total.